The molecule has 5 rings (SSSR count). The van der Waals surface area contributed by atoms with Crippen LogP contribution in [0.1, 0.15) is 18.2 Å². The van der Waals surface area contributed by atoms with E-state index in [0.29, 0.717) is 11.5 Å². The number of anilines is 1. The number of benzene rings is 2. The number of nitrogens with zero attached hydrogens (tertiary/aromatic N) is 3. The molecule has 0 aliphatic carbocycles. The lowest BCUT2D eigenvalue weighted by Gasteiger charge is -2.12. The maximum absolute atomic E-state index is 12.3. The number of likely N-dealkylation sites (N-methyl/N-ethyl adjacent to an activating group) is 1. The topological polar surface area (TPSA) is 92.9 Å². The van der Waals surface area contributed by atoms with Crippen molar-refractivity contribution in [1.29, 1.82) is 0 Å². The Kier molecular flexibility index (Phi) is 5.73. The second-order valence-electron chi connectivity index (χ2n) is 7.78. The zero-order valence-electron chi connectivity index (χ0n) is 18.7. The summed E-state index contributed by atoms with van der Waals surface area (Å²) in [4.78, 5) is 25.1. The number of pyridine rings is 1. The van der Waals surface area contributed by atoms with E-state index in [4.69, 9.17) is 4.42 Å². The van der Waals surface area contributed by atoms with Crippen molar-refractivity contribution in [2.24, 2.45) is 0 Å². The van der Waals surface area contributed by atoms with Gasteiger partial charge < -0.3 is 15.1 Å². The summed E-state index contributed by atoms with van der Waals surface area (Å²) >= 11 is 0. The van der Waals surface area contributed by atoms with Crippen LogP contribution >= 0.6 is 0 Å². The Morgan fingerprint density at radius 2 is 1.76 bits per heavy atom. The monoisotopic (exact) mass is 447 g/mol. The summed E-state index contributed by atoms with van der Waals surface area (Å²) < 4.78 is 5.91. The molecule has 1 amide bonds. The van der Waals surface area contributed by atoms with Gasteiger partial charge in [0.25, 0.3) is 0 Å². The van der Waals surface area contributed by atoms with Crippen molar-refractivity contribution in [2.45, 2.75) is 13.0 Å². The van der Waals surface area contributed by atoms with Crippen molar-refractivity contribution in [3.63, 3.8) is 0 Å². The minimum Gasteiger partial charge on any atom is -0.456 e. The fourth-order valence-electron chi connectivity index (χ4n) is 3.60. The van der Waals surface area contributed by atoms with Crippen LogP contribution in [0.25, 0.3) is 33.1 Å². The fraction of sp³-hybridized carbons (Fsp3) is 0.111. The van der Waals surface area contributed by atoms with E-state index in [0.717, 1.165) is 38.6 Å². The van der Waals surface area contributed by atoms with Crippen LogP contribution in [0.15, 0.2) is 77.7 Å². The van der Waals surface area contributed by atoms with Crippen LogP contribution < -0.4 is 10.6 Å². The molecule has 166 valence electrons. The lowest BCUT2D eigenvalue weighted by molar-refractivity contribution is -0.117. The van der Waals surface area contributed by atoms with Gasteiger partial charge >= 0.3 is 0 Å². The maximum Gasteiger partial charge on any atom is 0.242 e. The number of amides is 1. The zero-order chi connectivity index (χ0) is 23.5. The lowest BCUT2D eigenvalue weighted by atomic mass is 10.1. The number of hydrogen-bond acceptors (Lipinski definition) is 6. The Morgan fingerprint density at radius 3 is 2.59 bits per heavy atom. The third-order valence-corrected chi connectivity index (χ3v) is 5.55. The third-order valence-electron chi connectivity index (χ3n) is 5.55. The molecule has 7 heteroatoms. The summed E-state index contributed by atoms with van der Waals surface area (Å²) in [6, 6.07) is 17.0. The van der Waals surface area contributed by atoms with Crippen molar-refractivity contribution in [1.82, 2.24) is 20.3 Å². The highest BCUT2D eigenvalue weighted by Crippen LogP contribution is 2.29. The van der Waals surface area contributed by atoms with E-state index in [1.54, 1.807) is 32.4 Å². The quantitative estimate of drug-likeness (QED) is 0.397. The van der Waals surface area contributed by atoms with E-state index >= 15 is 0 Å². The van der Waals surface area contributed by atoms with Crippen molar-refractivity contribution in [3.05, 3.63) is 84.6 Å². The van der Waals surface area contributed by atoms with Crippen molar-refractivity contribution in [3.8, 4) is 23.0 Å². The van der Waals surface area contributed by atoms with Crippen molar-refractivity contribution >= 4 is 33.7 Å². The molecule has 0 aliphatic rings. The summed E-state index contributed by atoms with van der Waals surface area (Å²) in [5.41, 5.74) is 4.57. The molecule has 0 radical (unpaired) electrons. The predicted molar refractivity (Wildman–Crippen MR) is 132 cm³/mol. The molecule has 3 heterocycles. The average Bonchev–Trinajstić information content (AvgIpc) is 3.25. The van der Waals surface area contributed by atoms with E-state index in [2.05, 4.69) is 37.4 Å². The second-order valence-corrected chi connectivity index (χ2v) is 7.78. The molecule has 1 unspecified atom stereocenters. The van der Waals surface area contributed by atoms with Gasteiger partial charge in [-0.25, -0.2) is 15.0 Å². The number of rotatable bonds is 4. The molecule has 0 aliphatic heterocycles. The molecule has 34 heavy (non-hydrogen) atoms. The molecule has 2 aromatic carbocycles. The molecule has 0 saturated heterocycles. The zero-order valence-corrected chi connectivity index (χ0v) is 18.7. The molecule has 0 saturated carbocycles. The van der Waals surface area contributed by atoms with E-state index in [1.807, 2.05) is 48.5 Å². The molecule has 0 fully saturated rings. The number of carbonyl (C=O) groups excluding carboxylic acids is 1. The molecule has 1 atom stereocenters. The van der Waals surface area contributed by atoms with Crippen LogP contribution in [-0.4, -0.2) is 33.9 Å². The third kappa shape index (κ3) is 4.22. The van der Waals surface area contributed by atoms with Gasteiger partial charge in [-0.1, -0.05) is 24.1 Å². The number of furan rings is 1. The van der Waals surface area contributed by atoms with Gasteiger partial charge in [-0.05, 0) is 56.3 Å². The SMILES string of the molecule is CNC(C)C(=O)Nc1ccc(-c2cncnc2)c(C#Cc2ccc3oc4ccccc4c3c2)n1. The normalized spacial score (nSPS) is 11.7. The predicted octanol–water partition coefficient (Wildman–Crippen LogP) is 4.38. The second kappa shape index (κ2) is 9.14. The number of carbonyl (C=O) groups is 1. The van der Waals surface area contributed by atoms with Gasteiger partial charge in [-0.15, -0.1) is 0 Å². The van der Waals surface area contributed by atoms with Crippen LogP contribution in [0, 0.1) is 11.8 Å². The van der Waals surface area contributed by atoms with Crippen LogP contribution in [0.2, 0.25) is 0 Å². The molecular formula is C27H21N5O2. The fourth-order valence-corrected chi connectivity index (χ4v) is 3.60. The first-order valence-corrected chi connectivity index (χ1v) is 10.8. The Balaban J connectivity index is 1.56. The van der Waals surface area contributed by atoms with Crippen LogP contribution in [0.4, 0.5) is 5.82 Å². The van der Waals surface area contributed by atoms with Crippen LogP contribution in [-0.2, 0) is 4.79 Å². The van der Waals surface area contributed by atoms with E-state index in [1.165, 1.54) is 6.33 Å². The molecule has 3 aromatic heterocycles. The maximum atomic E-state index is 12.3. The Hall–Kier alpha value is -4.54. The molecule has 5 aromatic rings. The van der Waals surface area contributed by atoms with Crippen LogP contribution in [0.5, 0.6) is 0 Å². The smallest absolute Gasteiger partial charge is 0.242 e. The summed E-state index contributed by atoms with van der Waals surface area (Å²) in [5, 5.41) is 7.80. The number of fused-ring (bicyclic) bond motifs is 3. The van der Waals surface area contributed by atoms with Gasteiger partial charge in [-0.3, -0.25) is 4.79 Å². The summed E-state index contributed by atoms with van der Waals surface area (Å²) in [5.74, 6) is 6.63. The Labute approximate surface area is 196 Å². The highest BCUT2D eigenvalue weighted by Gasteiger charge is 2.13. The van der Waals surface area contributed by atoms with Gasteiger partial charge in [0.05, 0.1) is 6.04 Å². The first-order chi connectivity index (χ1) is 16.6. The summed E-state index contributed by atoms with van der Waals surface area (Å²) in [6.07, 6.45) is 4.89. The van der Waals surface area contributed by atoms with Gasteiger partial charge in [0.15, 0.2) is 0 Å². The van der Waals surface area contributed by atoms with Gasteiger partial charge in [0.1, 0.15) is 29.0 Å². The number of nitrogens with one attached hydrogen (secondary N) is 2. The molecule has 0 spiro atoms. The standard InChI is InChI=1S/C27H21N5O2/c1-17(28-2)27(33)32-26-12-9-20(19-14-29-16-30-15-19)23(31-26)10-7-18-8-11-25-22(13-18)21-5-3-4-6-24(21)34-25/h3-6,8-9,11-17,28H,1-2H3,(H,31,32,33). The molecule has 7 nitrogen and oxygen atoms in total. The first-order valence-electron chi connectivity index (χ1n) is 10.8. The lowest BCUT2D eigenvalue weighted by Crippen LogP contribution is -2.35. The first kappa shape index (κ1) is 21.3. The van der Waals surface area contributed by atoms with E-state index in [9.17, 15) is 4.79 Å². The average molecular weight is 447 g/mol. The van der Waals surface area contributed by atoms with Crippen molar-refractivity contribution < 1.29 is 9.21 Å². The van der Waals surface area contributed by atoms with Crippen molar-refractivity contribution in [2.75, 3.05) is 12.4 Å². The van der Waals surface area contributed by atoms with Crippen LogP contribution in [0.3, 0.4) is 0 Å². The highest BCUT2D eigenvalue weighted by molar-refractivity contribution is 6.05. The van der Waals surface area contributed by atoms with Gasteiger partial charge in [0.2, 0.25) is 5.91 Å². The summed E-state index contributed by atoms with van der Waals surface area (Å²) in [6.45, 7) is 1.78. The Bertz CT molecular complexity index is 1560. The van der Waals surface area contributed by atoms with Gasteiger partial charge in [0, 0.05) is 39.9 Å². The molecule has 0 bridgehead atoms. The highest BCUT2D eigenvalue weighted by atomic mass is 16.3. The molecular weight excluding hydrogens is 426 g/mol. The largest absolute Gasteiger partial charge is 0.456 e. The minimum atomic E-state index is -0.352. The van der Waals surface area contributed by atoms with E-state index < -0.39 is 0 Å². The van der Waals surface area contributed by atoms with Gasteiger partial charge in [-0.2, -0.15) is 0 Å². The number of aromatic nitrogens is 3. The number of para-hydroxylation sites is 1. The molecule has 2 N–H and O–H groups in total. The number of hydrogen-bond donors (Lipinski definition) is 2. The van der Waals surface area contributed by atoms with E-state index in [-0.39, 0.29) is 11.9 Å². The summed E-state index contributed by atoms with van der Waals surface area (Å²) in [7, 11) is 1.73. The minimum absolute atomic E-state index is 0.179. The Morgan fingerprint density at radius 1 is 0.971 bits per heavy atom.